The summed E-state index contributed by atoms with van der Waals surface area (Å²) >= 11 is 0. The minimum atomic E-state index is 0.555. The predicted molar refractivity (Wildman–Crippen MR) is 78.7 cm³/mol. The third kappa shape index (κ3) is 2.50. The van der Waals surface area contributed by atoms with Gasteiger partial charge in [-0.25, -0.2) is 4.98 Å². The summed E-state index contributed by atoms with van der Waals surface area (Å²) in [6.07, 6.45) is 5.66. The molecule has 1 aromatic heterocycles. The lowest BCUT2D eigenvalue weighted by Gasteiger charge is -2.15. The molecule has 0 bridgehead atoms. The van der Waals surface area contributed by atoms with Gasteiger partial charge >= 0.3 is 0 Å². The molecule has 3 nitrogen and oxygen atoms in total. The zero-order valence-corrected chi connectivity index (χ0v) is 11.5. The Kier molecular flexibility index (Phi) is 3.28. The third-order valence-electron chi connectivity index (χ3n) is 4.01. The highest BCUT2D eigenvalue weighted by Crippen LogP contribution is 2.30. The van der Waals surface area contributed by atoms with E-state index in [1.165, 1.54) is 24.6 Å². The summed E-state index contributed by atoms with van der Waals surface area (Å²) in [6, 6.07) is 8.72. The molecular formula is C16H20N2O. The second kappa shape index (κ2) is 5.08. The summed E-state index contributed by atoms with van der Waals surface area (Å²) in [5, 5.41) is 5.94. The summed E-state index contributed by atoms with van der Waals surface area (Å²) < 4.78 is 5.31. The van der Waals surface area contributed by atoms with Crippen molar-refractivity contribution in [2.75, 3.05) is 12.4 Å². The van der Waals surface area contributed by atoms with Crippen LogP contribution in [0, 0.1) is 5.92 Å². The monoisotopic (exact) mass is 256 g/mol. The van der Waals surface area contributed by atoms with Crippen molar-refractivity contribution >= 4 is 16.6 Å². The molecule has 1 saturated carbocycles. The largest absolute Gasteiger partial charge is 0.497 e. The SMILES string of the molecule is COc1ccc2ccnc(NC3CCC(C)C3)c2c1. The molecule has 3 heteroatoms. The Morgan fingerprint density at radius 1 is 1.26 bits per heavy atom. The van der Waals surface area contributed by atoms with Crippen LogP contribution in [-0.4, -0.2) is 18.1 Å². The van der Waals surface area contributed by atoms with Crippen LogP contribution in [0.1, 0.15) is 26.2 Å². The Balaban J connectivity index is 1.93. The highest BCUT2D eigenvalue weighted by molar-refractivity contribution is 5.92. The number of pyridine rings is 1. The molecule has 0 saturated heterocycles. The molecule has 2 atom stereocenters. The number of fused-ring (bicyclic) bond motifs is 1. The van der Waals surface area contributed by atoms with Crippen LogP contribution in [0.5, 0.6) is 5.75 Å². The van der Waals surface area contributed by atoms with Gasteiger partial charge in [0.2, 0.25) is 0 Å². The number of benzene rings is 1. The second-order valence-electron chi connectivity index (χ2n) is 5.51. The van der Waals surface area contributed by atoms with Gasteiger partial charge < -0.3 is 10.1 Å². The Labute approximate surface area is 114 Å². The van der Waals surface area contributed by atoms with Crippen LogP contribution < -0.4 is 10.1 Å². The van der Waals surface area contributed by atoms with Crippen LogP contribution in [0.15, 0.2) is 30.5 Å². The number of anilines is 1. The van der Waals surface area contributed by atoms with Crippen LogP contribution in [0.3, 0.4) is 0 Å². The number of hydrogen-bond donors (Lipinski definition) is 1. The fourth-order valence-corrected chi connectivity index (χ4v) is 2.92. The van der Waals surface area contributed by atoms with Crippen molar-refractivity contribution in [1.82, 2.24) is 4.98 Å². The maximum atomic E-state index is 5.31. The minimum absolute atomic E-state index is 0.555. The lowest BCUT2D eigenvalue weighted by molar-refractivity contribution is 0.415. The molecule has 0 radical (unpaired) electrons. The van der Waals surface area contributed by atoms with Crippen LogP contribution in [0.25, 0.3) is 10.8 Å². The number of rotatable bonds is 3. The number of ether oxygens (including phenoxy) is 1. The molecule has 2 aromatic rings. The topological polar surface area (TPSA) is 34.1 Å². The van der Waals surface area contributed by atoms with E-state index in [2.05, 4.69) is 29.4 Å². The molecule has 1 N–H and O–H groups in total. The maximum Gasteiger partial charge on any atom is 0.134 e. The van der Waals surface area contributed by atoms with Crippen molar-refractivity contribution in [3.8, 4) is 5.75 Å². The smallest absolute Gasteiger partial charge is 0.134 e. The lowest BCUT2D eigenvalue weighted by atomic mass is 10.1. The van der Waals surface area contributed by atoms with E-state index in [-0.39, 0.29) is 0 Å². The number of nitrogens with zero attached hydrogens (tertiary/aromatic N) is 1. The second-order valence-corrected chi connectivity index (χ2v) is 5.51. The van der Waals surface area contributed by atoms with Crippen LogP contribution in [0.4, 0.5) is 5.82 Å². The average Bonchev–Trinajstić information content (AvgIpc) is 2.84. The molecule has 0 amide bonds. The van der Waals surface area contributed by atoms with E-state index in [1.54, 1.807) is 7.11 Å². The predicted octanol–water partition coefficient (Wildman–Crippen LogP) is 3.84. The summed E-state index contributed by atoms with van der Waals surface area (Å²) in [4.78, 5) is 4.50. The first kappa shape index (κ1) is 12.3. The standard InChI is InChI=1S/C16H20N2O/c1-11-3-5-13(9-11)18-16-15-10-14(19-2)6-4-12(15)7-8-17-16/h4,6-8,10-11,13H,3,5,9H2,1-2H3,(H,17,18). The summed E-state index contributed by atoms with van der Waals surface area (Å²) in [6.45, 7) is 2.32. The Morgan fingerprint density at radius 3 is 2.89 bits per heavy atom. The highest BCUT2D eigenvalue weighted by Gasteiger charge is 2.21. The molecule has 0 spiro atoms. The highest BCUT2D eigenvalue weighted by atomic mass is 16.5. The molecule has 0 aliphatic heterocycles. The van der Waals surface area contributed by atoms with E-state index in [0.29, 0.717) is 6.04 Å². The van der Waals surface area contributed by atoms with Crippen molar-refractivity contribution in [3.05, 3.63) is 30.5 Å². The van der Waals surface area contributed by atoms with Gasteiger partial charge in [-0.2, -0.15) is 0 Å². The van der Waals surface area contributed by atoms with Gasteiger partial charge in [0.05, 0.1) is 7.11 Å². The molecule has 1 heterocycles. The number of methoxy groups -OCH3 is 1. The summed E-state index contributed by atoms with van der Waals surface area (Å²) in [7, 11) is 1.70. The normalized spacial score (nSPS) is 22.6. The van der Waals surface area contributed by atoms with Gasteiger partial charge in [0.25, 0.3) is 0 Å². The molecule has 1 aromatic carbocycles. The fourth-order valence-electron chi connectivity index (χ4n) is 2.92. The number of aromatic nitrogens is 1. The fraction of sp³-hybridized carbons (Fsp3) is 0.438. The van der Waals surface area contributed by atoms with Gasteiger partial charge in [-0.05, 0) is 48.8 Å². The zero-order valence-electron chi connectivity index (χ0n) is 11.5. The first-order chi connectivity index (χ1) is 9.26. The van der Waals surface area contributed by atoms with Gasteiger partial charge in [-0.3, -0.25) is 0 Å². The molecular weight excluding hydrogens is 236 g/mol. The Bertz CT molecular complexity index is 582. The molecule has 100 valence electrons. The van der Waals surface area contributed by atoms with Crippen LogP contribution in [0.2, 0.25) is 0 Å². The lowest BCUT2D eigenvalue weighted by Crippen LogP contribution is -2.16. The summed E-state index contributed by atoms with van der Waals surface area (Å²) in [5.74, 6) is 2.68. The van der Waals surface area contributed by atoms with E-state index in [1.807, 2.05) is 18.3 Å². The van der Waals surface area contributed by atoms with Gasteiger partial charge in [-0.15, -0.1) is 0 Å². The van der Waals surface area contributed by atoms with Crippen molar-refractivity contribution in [3.63, 3.8) is 0 Å². The number of nitrogens with one attached hydrogen (secondary N) is 1. The van der Waals surface area contributed by atoms with Crippen molar-refractivity contribution in [2.24, 2.45) is 5.92 Å². The zero-order chi connectivity index (χ0) is 13.2. The van der Waals surface area contributed by atoms with Crippen molar-refractivity contribution in [2.45, 2.75) is 32.2 Å². The van der Waals surface area contributed by atoms with Gasteiger partial charge in [0, 0.05) is 17.6 Å². The van der Waals surface area contributed by atoms with Crippen molar-refractivity contribution < 1.29 is 4.74 Å². The number of hydrogen-bond acceptors (Lipinski definition) is 3. The van der Waals surface area contributed by atoms with E-state index in [4.69, 9.17) is 4.74 Å². The van der Waals surface area contributed by atoms with Crippen LogP contribution >= 0.6 is 0 Å². The van der Waals surface area contributed by atoms with E-state index in [0.717, 1.165) is 22.9 Å². The van der Waals surface area contributed by atoms with E-state index < -0.39 is 0 Å². The first-order valence-electron chi connectivity index (χ1n) is 6.95. The molecule has 2 unspecified atom stereocenters. The van der Waals surface area contributed by atoms with Crippen LogP contribution in [-0.2, 0) is 0 Å². The average molecular weight is 256 g/mol. The maximum absolute atomic E-state index is 5.31. The van der Waals surface area contributed by atoms with E-state index in [9.17, 15) is 0 Å². The first-order valence-corrected chi connectivity index (χ1v) is 6.95. The summed E-state index contributed by atoms with van der Waals surface area (Å²) in [5.41, 5.74) is 0. The van der Waals surface area contributed by atoms with Gasteiger partial charge in [0.15, 0.2) is 0 Å². The minimum Gasteiger partial charge on any atom is -0.497 e. The Morgan fingerprint density at radius 2 is 2.16 bits per heavy atom. The molecule has 1 aliphatic carbocycles. The van der Waals surface area contributed by atoms with Crippen molar-refractivity contribution in [1.29, 1.82) is 0 Å². The molecule has 1 fully saturated rings. The third-order valence-corrected chi connectivity index (χ3v) is 4.01. The molecule has 19 heavy (non-hydrogen) atoms. The van der Waals surface area contributed by atoms with E-state index >= 15 is 0 Å². The van der Waals surface area contributed by atoms with Gasteiger partial charge in [0.1, 0.15) is 11.6 Å². The molecule has 3 rings (SSSR count). The molecule has 1 aliphatic rings. The van der Waals surface area contributed by atoms with Gasteiger partial charge in [-0.1, -0.05) is 13.0 Å². The Hall–Kier alpha value is -1.77. The quantitative estimate of drug-likeness (QED) is 0.906.